The van der Waals surface area contributed by atoms with Crippen molar-refractivity contribution in [2.24, 2.45) is 11.8 Å². The van der Waals surface area contributed by atoms with Gasteiger partial charge in [-0.15, -0.1) is 0 Å². The molecular weight excluding hydrogens is 346 g/mol. The lowest BCUT2D eigenvalue weighted by molar-refractivity contribution is 0.147. The van der Waals surface area contributed by atoms with Gasteiger partial charge in [-0.2, -0.15) is 0 Å². The van der Waals surface area contributed by atoms with E-state index in [1.807, 2.05) is 24.3 Å². The SMILES string of the molecule is [C-]#[N+]C1(c2ccc(N3C[C@H](CNc4ccon4)OC3=O)cc2)[C@@H]2CNC[C@@H]21. The molecule has 3 fully saturated rings. The minimum Gasteiger partial charge on any atom is -0.442 e. The van der Waals surface area contributed by atoms with Crippen molar-refractivity contribution in [2.45, 2.75) is 11.6 Å². The molecule has 1 amide bonds. The van der Waals surface area contributed by atoms with Crippen molar-refractivity contribution in [2.75, 3.05) is 36.4 Å². The van der Waals surface area contributed by atoms with E-state index in [2.05, 4.69) is 20.6 Å². The quantitative estimate of drug-likeness (QED) is 0.790. The lowest BCUT2D eigenvalue weighted by Crippen LogP contribution is -2.27. The third-order valence-electron chi connectivity index (χ3n) is 5.88. The van der Waals surface area contributed by atoms with Crippen LogP contribution in [0.15, 0.2) is 41.1 Å². The molecule has 1 aromatic heterocycles. The van der Waals surface area contributed by atoms with Crippen molar-refractivity contribution < 1.29 is 14.1 Å². The molecule has 2 N–H and O–H groups in total. The molecule has 3 aliphatic rings. The number of cyclic esters (lactones) is 1. The Morgan fingerprint density at radius 1 is 1.30 bits per heavy atom. The van der Waals surface area contributed by atoms with Crippen molar-refractivity contribution in [3.05, 3.63) is 53.6 Å². The highest BCUT2D eigenvalue weighted by molar-refractivity contribution is 5.89. The number of carbonyl (C=O) groups is 1. The van der Waals surface area contributed by atoms with E-state index in [1.54, 1.807) is 11.0 Å². The number of ether oxygens (including phenoxy) is 1. The summed E-state index contributed by atoms with van der Waals surface area (Å²) in [6.45, 7) is 10.4. The summed E-state index contributed by atoms with van der Waals surface area (Å²) >= 11 is 0. The highest BCUT2D eigenvalue weighted by Gasteiger charge is 2.75. The zero-order valence-electron chi connectivity index (χ0n) is 14.6. The number of piperidine rings is 1. The molecule has 27 heavy (non-hydrogen) atoms. The Bertz CT molecular complexity index is 879. The van der Waals surface area contributed by atoms with Crippen LogP contribution >= 0.6 is 0 Å². The van der Waals surface area contributed by atoms with Gasteiger partial charge in [-0.05, 0) is 24.3 Å². The molecular formula is C19H19N5O3. The molecule has 8 heteroatoms. The van der Waals surface area contributed by atoms with Crippen LogP contribution in [0.25, 0.3) is 4.85 Å². The number of hydrogen-bond donors (Lipinski definition) is 2. The van der Waals surface area contributed by atoms with Crippen LogP contribution in [0.2, 0.25) is 0 Å². The Kier molecular flexibility index (Phi) is 3.58. The first kappa shape index (κ1) is 16.1. The molecule has 1 unspecified atom stereocenters. The molecule has 1 aromatic carbocycles. The second-order valence-electron chi connectivity index (χ2n) is 7.24. The maximum atomic E-state index is 12.2. The van der Waals surface area contributed by atoms with Gasteiger partial charge < -0.3 is 24.7 Å². The summed E-state index contributed by atoms with van der Waals surface area (Å²) in [6, 6.07) is 9.51. The smallest absolute Gasteiger partial charge is 0.414 e. The number of anilines is 2. The van der Waals surface area contributed by atoms with Crippen LogP contribution in [-0.2, 0) is 10.3 Å². The number of aromatic nitrogens is 1. The van der Waals surface area contributed by atoms with E-state index in [4.69, 9.17) is 15.8 Å². The molecule has 0 spiro atoms. The summed E-state index contributed by atoms with van der Waals surface area (Å²) in [4.78, 5) is 17.8. The minimum atomic E-state index is -0.376. The van der Waals surface area contributed by atoms with Crippen LogP contribution < -0.4 is 15.5 Å². The van der Waals surface area contributed by atoms with Crippen molar-refractivity contribution >= 4 is 17.6 Å². The molecule has 2 aromatic rings. The average molecular weight is 365 g/mol. The maximum absolute atomic E-state index is 12.2. The van der Waals surface area contributed by atoms with Crippen LogP contribution in [0.3, 0.4) is 0 Å². The monoisotopic (exact) mass is 365 g/mol. The first-order valence-corrected chi connectivity index (χ1v) is 9.04. The number of rotatable bonds is 5. The van der Waals surface area contributed by atoms with Crippen molar-refractivity contribution in [1.82, 2.24) is 10.5 Å². The highest BCUT2D eigenvalue weighted by Crippen LogP contribution is 2.62. The molecule has 1 saturated carbocycles. The first-order valence-electron chi connectivity index (χ1n) is 9.04. The molecule has 1 aliphatic carbocycles. The van der Waals surface area contributed by atoms with E-state index >= 15 is 0 Å². The topological polar surface area (TPSA) is 84.0 Å². The summed E-state index contributed by atoms with van der Waals surface area (Å²) in [5.74, 6) is 1.43. The van der Waals surface area contributed by atoms with Gasteiger partial charge in [0.05, 0.1) is 24.9 Å². The molecule has 4 atom stereocenters. The van der Waals surface area contributed by atoms with E-state index in [1.165, 1.54) is 6.26 Å². The number of nitrogens with one attached hydrogen (secondary N) is 2. The van der Waals surface area contributed by atoms with E-state index in [0.29, 0.717) is 30.7 Å². The number of carbonyl (C=O) groups excluding carboxylic acids is 1. The third-order valence-corrected chi connectivity index (χ3v) is 5.88. The highest BCUT2D eigenvalue weighted by atomic mass is 16.6. The largest absolute Gasteiger partial charge is 0.442 e. The molecule has 5 rings (SSSR count). The van der Waals surface area contributed by atoms with E-state index < -0.39 is 0 Å². The van der Waals surface area contributed by atoms with Gasteiger partial charge >= 0.3 is 6.09 Å². The van der Waals surface area contributed by atoms with Gasteiger partial charge in [-0.25, -0.2) is 11.4 Å². The average Bonchev–Trinajstić information content (AvgIpc) is 3.23. The second kappa shape index (κ2) is 5.99. The third kappa shape index (κ3) is 2.46. The number of amides is 1. The minimum absolute atomic E-state index is 0.266. The summed E-state index contributed by atoms with van der Waals surface area (Å²) in [5, 5.41) is 10.2. The van der Waals surface area contributed by atoms with Crippen molar-refractivity contribution in [3.8, 4) is 0 Å². The fraction of sp³-hybridized carbons (Fsp3) is 0.421. The van der Waals surface area contributed by atoms with Gasteiger partial charge in [0.15, 0.2) is 5.82 Å². The number of benzene rings is 1. The lowest BCUT2D eigenvalue weighted by atomic mass is 10.00. The molecule has 138 valence electrons. The van der Waals surface area contributed by atoms with Crippen molar-refractivity contribution in [1.29, 1.82) is 0 Å². The summed E-state index contributed by atoms with van der Waals surface area (Å²) in [7, 11) is 0. The van der Waals surface area contributed by atoms with Gasteiger partial charge in [-0.3, -0.25) is 4.90 Å². The van der Waals surface area contributed by atoms with E-state index in [-0.39, 0.29) is 17.7 Å². The van der Waals surface area contributed by atoms with Gasteiger partial charge in [0.1, 0.15) is 12.4 Å². The fourth-order valence-electron chi connectivity index (χ4n) is 4.44. The van der Waals surface area contributed by atoms with Gasteiger partial charge in [0.25, 0.3) is 5.54 Å². The summed E-state index contributed by atoms with van der Waals surface area (Å²) < 4.78 is 10.2. The zero-order chi connectivity index (χ0) is 18.4. The van der Waals surface area contributed by atoms with Crippen molar-refractivity contribution in [3.63, 3.8) is 0 Å². The number of nitrogens with zero attached hydrogens (tertiary/aromatic N) is 3. The Balaban J connectivity index is 1.27. The number of hydrogen-bond acceptors (Lipinski definition) is 6. The van der Waals surface area contributed by atoms with Crippen LogP contribution in [0, 0.1) is 18.4 Å². The van der Waals surface area contributed by atoms with Crippen LogP contribution in [-0.4, -0.2) is 43.5 Å². The Hall–Kier alpha value is -3.05. The predicted octanol–water partition coefficient (Wildman–Crippen LogP) is 2.08. The standard InChI is InChI=1S/C19H19N5O3/c1-20-19(15-9-21-10-16(15)19)12-2-4-13(5-3-12)24-11-14(27-18(24)25)8-22-17-6-7-26-23-17/h2-7,14-16,21H,8-11H2,(H,22,23)/t14-,15-,16+,19?/m0/s1. The van der Waals surface area contributed by atoms with Gasteiger partial charge in [0.2, 0.25) is 0 Å². The van der Waals surface area contributed by atoms with Crippen LogP contribution in [0.1, 0.15) is 5.56 Å². The van der Waals surface area contributed by atoms with E-state index in [9.17, 15) is 4.79 Å². The van der Waals surface area contributed by atoms with Crippen LogP contribution in [0.4, 0.5) is 16.3 Å². The Morgan fingerprint density at radius 2 is 2.07 bits per heavy atom. The number of fused-ring (bicyclic) bond motifs is 1. The molecule has 8 nitrogen and oxygen atoms in total. The Morgan fingerprint density at radius 3 is 2.74 bits per heavy atom. The predicted molar refractivity (Wildman–Crippen MR) is 97.2 cm³/mol. The zero-order valence-corrected chi connectivity index (χ0v) is 14.6. The lowest BCUT2D eigenvalue weighted by Gasteiger charge is -2.15. The molecule has 3 heterocycles. The molecule has 2 aliphatic heterocycles. The molecule has 0 bridgehead atoms. The summed E-state index contributed by atoms with van der Waals surface area (Å²) in [5.41, 5.74) is 1.46. The molecule has 2 saturated heterocycles. The maximum Gasteiger partial charge on any atom is 0.414 e. The van der Waals surface area contributed by atoms with E-state index in [0.717, 1.165) is 24.3 Å². The first-order chi connectivity index (χ1) is 13.2. The van der Waals surface area contributed by atoms with Crippen LogP contribution in [0.5, 0.6) is 0 Å². The second-order valence-corrected chi connectivity index (χ2v) is 7.24. The normalized spacial score (nSPS) is 31.3. The summed E-state index contributed by atoms with van der Waals surface area (Å²) in [6.07, 6.45) is 0.857. The van der Waals surface area contributed by atoms with Gasteiger partial charge in [0, 0.05) is 30.4 Å². The molecule has 0 radical (unpaired) electrons. The van der Waals surface area contributed by atoms with Gasteiger partial charge in [-0.1, -0.05) is 5.16 Å². The Labute approximate surface area is 156 Å². The fourth-order valence-corrected chi connectivity index (χ4v) is 4.44.